The molecule has 1 aliphatic rings. The smallest absolute Gasteiger partial charge is 0.0646 e. The van der Waals surface area contributed by atoms with Gasteiger partial charge in [-0.15, -0.1) is 0 Å². The van der Waals surface area contributed by atoms with E-state index in [0.717, 1.165) is 25.6 Å². The minimum absolute atomic E-state index is 0.276. The molecule has 102 valence electrons. The molecule has 17 heavy (non-hydrogen) atoms. The number of hydrogen-bond donors (Lipinski definition) is 0. The fraction of sp³-hybridized carbons (Fsp3) is 1.00. The zero-order chi connectivity index (χ0) is 12.5. The van der Waals surface area contributed by atoms with Crippen molar-refractivity contribution >= 4 is 0 Å². The number of ether oxygens (including phenoxy) is 3. The van der Waals surface area contributed by atoms with Crippen LogP contribution in [0, 0.1) is 11.8 Å². The van der Waals surface area contributed by atoms with Gasteiger partial charge in [0.15, 0.2) is 0 Å². The van der Waals surface area contributed by atoms with Gasteiger partial charge in [-0.2, -0.15) is 0 Å². The lowest BCUT2D eigenvalue weighted by molar-refractivity contribution is -0.0329. The highest BCUT2D eigenvalue weighted by molar-refractivity contribution is 4.80. The Balaban J connectivity index is 2.53. The fourth-order valence-corrected chi connectivity index (χ4v) is 3.04. The molecule has 3 heteroatoms. The van der Waals surface area contributed by atoms with Gasteiger partial charge in [-0.05, 0) is 12.3 Å². The molecule has 0 amide bonds. The third-order valence-corrected chi connectivity index (χ3v) is 4.00. The van der Waals surface area contributed by atoms with E-state index in [1.807, 2.05) is 7.11 Å². The van der Waals surface area contributed by atoms with Crippen molar-refractivity contribution in [3.05, 3.63) is 0 Å². The van der Waals surface area contributed by atoms with E-state index in [9.17, 15) is 0 Å². The molecule has 0 aromatic rings. The molecule has 0 aromatic carbocycles. The molecule has 0 saturated heterocycles. The quantitative estimate of drug-likeness (QED) is 0.657. The van der Waals surface area contributed by atoms with Crippen molar-refractivity contribution in [2.75, 3.05) is 34.5 Å². The first kappa shape index (κ1) is 14.9. The highest BCUT2D eigenvalue weighted by atomic mass is 16.5. The summed E-state index contributed by atoms with van der Waals surface area (Å²) in [6.07, 6.45) is 8.04. The zero-order valence-electron chi connectivity index (χ0n) is 11.6. The summed E-state index contributed by atoms with van der Waals surface area (Å²) in [5.41, 5.74) is 0. The largest absolute Gasteiger partial charge is 0.385 e. The Morgan fingerprint density at radius 3 is 2.24 bits per heavy atom. The third-order valence-electron chi connectivity index (χ3n) is 4.00. The Bertz CT molecular complexity index is 178. The average Bonchev–Trinajstić information content (AvgIpc) is 2.39. The number of hydrogen-bond acceptors (Lipinski definition) is 3. The highest BCUT2D eigenvalue weighted by Gasteiger charge is 2.30. The second-order valence-corrected chi connectivity index (χ2v) is 5.07. The predicted octanol–water partition coefficient (Wildman–Crippen LogP) is 2.88. The average molecular weight is 244 g/mol. The Kier molecular flexibility index (Phi) is 7.82. The second kappa shape index (κ2) is 8.90. The first-order chi connectivity index (χ1) is 8.33. The topological polar surface area (TPSA) is 27.7 Å². The van der Waals surface area contributed by atoms with Crippen LogP contribution in [0.1, 0.15) is 38.5 Å². The minimum Gasteiger partial charge on any atom is -0.385 e. The van der Waals surface area contributed by atoms with Crippen LogP contribution in [-0.4, -0.2) is 40.6 Å². The molecule has 0 heterocycles. The first-order valence-corrected chi connectivity index (χ1v) is 6.84. The van der Waals surface area contributed by atoms with Crippen LogP contribution in [0.5, 0.6) is 0 Å². The van der Waals surface area contributed by atoms with Crippen LogP contribution in [0.15, 0.2) is 0 Å². The third kappa shape index (κ3) is 4.94. The van der Waals surface area contributed by atoms with Gasteiger partial charge in [-0.1, -0.05) is 32.1 Å². The van der Waals surface area contributed by atoms with Gasteiger partial charge in [0.1, 0.15) is 0 Å². The molecule has 0 spiro atoms. The Morgan fingerprint density at radius 1 is 1.00 bits per heavy atom. The fourth-order valence-electron chi connectivity index (χ4n) is 3.04. The molecule has 0 aromatic heterocycles. The van der Waals surface area contributed by atoms with E-state index in [1.165, 1.54) is 32.1 Å². The monoisotopic (exact) mass is 244 g/mol. The molecule has 1 fully saturated rings. The van der Waals surface area contributed by atoms with E-state index >= 15 is 0 Å². The summed E-state index contributed by atoms with van der Waals surface area (Å²) in [5.74, 6) is 1.30. The van der Waals surface area contributed by atoms with Crippen molar-refractivity contribution in [3.8, 4) is 0 Å². The summed E-state index contributed by atoms with van der Waals surface area (Å²) < 4.78 is 16.2. The summed E-state index contributed by atoms with van der Waals surface area (Å²) in [6.45, 7) is 1.58. The van der Waals surface area contributed by atoms with Gasteiger partial charge in [0.2, 0.25) is 0 Å². The van der Waals surface area contributed by atoms with Crippen molar-refractivity contribution in [2.45, 2.75) is 44.6 Å². The summed E-state index contributed by atoms with van der Waals surface area (Å²) in [4.78, 5) is 0. The molecule has 0 N–H and O–H groups in total. The van der Waals surface area contributed by atoms with Gasteiger partial charge < -0.3 is 14.2 Å². The van der Waals surface area contributed by atoms with Crippen LogP contribution in [0.25, 0.3) is 0 Å². The van der Waals surface area contributed by atoms with Crippen molar-refractivity contribution in [1.82, 2.24) is 0 Å². The van der Waals surface area contributed by atoms with Crippen LogP contribution in [0.2, 0.25) is 0 Å². The van der Waals surface area contributed by atoms with Gasteiger partial charge in [-0.25, -0.2) is 0 Å². The van der Waals surface area contributed by atoms with Crippen LogP contribution < -0.4 is 0 Å². The molecule has 1 rings (SSSR count). The molecule has 2 unspecified atom stereocenters. The second-order valence-electron chi connectivity index (χ2n) is 5.07. The molecular formula is C14H28O3. The van der Waals surface area contributed by atoms with Gasteiger partial charge in [0, 0.05) is 33.9 Å². The van der Waals surface area contributed by atoms with Crippen LogP contribution in [0.3, 0.4) is 0 Å². The van der Waals surface area contributed by atoms with E-state index in [4.69, 9.17) is 14.2 Å². The van der Waals surface area contributed by atoms with Gasteiger partial charge in [-0.3, -0.25) is 0 Å². The normalized spacial score (nSPS) is 21.4. The van der Waals surface area contributed by atoms with Crippen molar-refractivity contribution < 1.29 is 14.2 Å². The number of rotatable bonds is 8. The lowest BCUT2D eigenvalue weighted by Gasteiger charge is -2.34. The lowest BCUT2D eigenvalue weighted by Crippen LogP contribution is -2.35. The van der Waals surface area contributed by atoms with Crippen LogP contribution in [-0.2, 0) is 14.2 Å². The molecule has 0 bridgehead atoms. The van der Waals surface area contributed by atoms with E-state index < -0.39 is 0 Å². The molecule has 1 aliphatic carbocycles. The minimum atomic E-state index is 0.276. The molecule has 0 aliphatic heterocycles. The Labute approximate surface area is 106 Å². The standard InChI is InChI=1S/C14H28O3/c1-15-10-9-14(17-3)13(11-16-2)12-7-5-4-6-8-12/h12-14H,4-11H2,1-3H3. The maximum Gasteiger partial charge on any atom is 0.0646 e. The summed E-state index contributed by atoms with van der Waals surface area (Å²) in [7, 11) is 5.35. The Hall–Kier alpha value is -0.120. The zero-order valence-corrected chi connectivity index (χ0v) is 11.6. The van der Waals surface area contributed by atoms with Crippen molar-refractivity contribution in [2.24, 2.45) is 11.8 Å². The first-order valence-electron chi connectivity index (χ1n) is 6.84. The van der Waals surface area contributed by atoms with Gasteiger partial charge in [0.05, 0.1) is 12.7 Å². The lowest BCUT2D eigenvalue weighted by atomic mass is 9.77. The highest BCUT2D eigenvalue weighted by Crippen LogP contribution is 2.33. The SMILES string of the molecule is COCCC(OC)C(COC)C1CCCCC1. The molecular weight excluding hydrogens is 216 g/mol. The van der Waals surface area contributed by atoms with Gasteiger partial charge >= 0.3 is 0 Å². The predicted molar refractivity (Wildman–Crippen MR) is 69.2 cm³/mol. The van der Waals surface area contributed by atoms with E-state index in [1.54, 1.807) is 14.2 Å². The van der Waals surface area contributed by atoms with Crippen LogP contribution in [0.4, 0.5) is 0 Å². The van der Waals surface area contributed by atoms with E-state index in [-0.39, 0.29) is 6.10 Å². The van der Waals surface area contributed by atoms with Crippen LogP contribution >= 0.6 is 0 Å². The van der Waals surface area contributed by atoms with Crippen molar-refractivity contribution in [1.29, 1.82) is 0 Å². The van der Waals surface area contributed by atoms with Crippen molar-refractivity contribution in [3.63, 3.8) is 0 Å². The molecule has 1 saturated carbocycles. The molecule has 2 atom stereocenters. The van der Waals surface area contributed by atoms with E-state index in [0.29, 0.717) is 5.92 Å². The maximum absolute atomic E-state index is 5.66. The number of methoxy groups -OCH3 is 3. The van der Waals surface area contributed by atoms with E-state index in [2.05, 4.69) is 0 Å². The molecule has 3 nitrogen and oxygen atoms in total. The summed E-state index contributed by atoms with van der Waals surface area (Å²) in [6, 6.07) is 0. The molecule has 0 radical (unpaired) electrons. The Morgan fingerprint density at radius 2 is 1.71 bits per heavy atom. The van der Waals surface area contributed by atoms with Gasteiger partial charge in [0.25, 0.3) is 0 Å². The maximum atomic E-state index is 5.66. The summed E-state index contributed by atoms with van der Waals surface area (Å²) in [5, 5.41) is 0. The summed E-state index contributed by atoms with van der Waals surface area (Å²) >= 11 is 0.